The summed E-state index contributed by atoms with van der Waals surface area (Å²) < 4.78 is 0. The molecule has 0 aromatic heterocycles. The molecule has 0 spiro atoms. The number of amides is 3. The molecule has 1 saturated carbocycles. The largest absolute Gasteiger partial charge is 0.350 e. The summed E-state index contributed by atoms with van der Waals surface area (Å²) >= 11 is 18.2. The molecule has 0 saturated heterocycles. The van der Waals surface area contributed by atoms with Gasteiger partial charge in [-0.25, -0.2) is 4.90 Å². The van der Waals surface area contributed by atoms with Gasteiger partial charge in [-0.15, -0.1) is 0 Å². The van der Waals surface area contributed by atoms with Crippen molar-refractivity contribution in [3.05, 3.63) is 68.8 Å². The minimum atomic E-state index is -0.677. The first-order valence-corrected chi connectivity index (χ1v) is 11.8. The van der Waals surface area contributed by atoms with Crippen molar-refractivity contribution in [1.82, 2.24) is 4.90 Å². The SMILES string of the molecule is CN(C(=O)c1ccc(NC2=C(Cl)C(=O)N(c3cc(Cl)cc(Cl)c3)C2=O)cc1)C1CCCCC1. The number of hydrogen-bond acceptors (Lipinski definition) is 4. The molecule has 6 nitrogen and oxygen atoms in total. The molecular formula is C24H22Cl3N3O3. The van der Waals surface area contributed by atoms with Crippen LogP contribution in [0.3, 0.4) is 0 Å². The van der Waals surface area contributed by atoms with Gasteiger partial charge in [-0.05, 0) is 55.3 Å². The van der Waals surface area contributed by atoms with Crippen molar-refractivity contribution in [1.29, 1.82) is 0 Å². The van der Waals surface area contributed by atoms with Gasteiger partial charge in [-0.3, -0.25) is 14.4 Å². The van der Waals surface area contributed by atoms with Crippen molar-refractivity contribution in [3.63, 3.8) is 0 Å². The van der Waals surface area contributed by atoms with Gasteiger partial charge in [0, 0.05) is 34.4 Å². The number of imide groups is 1. The first-order chi connectivity index (χ1) is 15.8. The van der Waals surface area contributed by atoms with Crippen molar-refractivity contribution >= 4 is 63.9 Å². The van der Waals surface area contributed by atoms with Gasteiger partial charge >= 0.3 is 0 Å². The molecule has 0 radical (unpaired) electrons. The van der Waals surface area contributed by atoms with Gasteiger partial charge in [0.15, 0.2) is 0 Å². The number of carbonyl (C=O) groups is 3. The molecular weight excluding hydrogens is 485 g/mol. The highest BCUT2D eigenvalue weighted by atomic mass is 35.5. The quantitative estimate of drug-likeness (QED) is 0.518. The van der Waals surface area contributed by atoms with Crippen LogP contribution in [0.1, 0.15) is 42.5 Å². The molecule has 1 aliphatic heterocycles. The van der Waals surface area contributed by atoms with E-state index in [0.29, 0.717) is 11.3 Å². The van der Waals surface area contributed by atoms with E-state index in [0.717, 1.165) is 30.6 Å². The summed E-state index contributed by atoms with van der Waals surface area (Å²) in [5, 5.41) is 3.23. The maximum Gasteiger partial charge on any atom is 0.283 e. The highest BCUT2D eigenvalue weighted by molar-refractivity contribution is 6.53. The van der Waals surface area contributed by atoms with Crippen LogP contribution in [0.5, 0.6) is 0 Å². The molecule has 4 rings (SSSR count). The molecule has 0 atom stereocenters. The van der Waals surface area contributed by atoms with Crippen LogP contribution in [-0.2, 0) is 9.59 Å². The minimum Gasteiger partial charge on any atom is -0.350 e. The predicted molar refractivity (Wildman–Crippen MR) is 131 cm³/mol. The van der Waals surface area contributed by atoms with Gasteiger partial charge in [0.25, 0.3) is 17.7 Å². The maximum absolute atomic E-state index is 12.9. The normalized spacial score (nSPS) is 17.0. The Hall–Kier alpha value is -2.54. The van der Waals surface area contributed by atoms with Crippen LogP contribution in [-0.4, -0.2) is 35.7 Å². The fraction of sp³-hybridized carbons (Fsp3) is 0.292. The molecule has 1 N–H and O–H groups in total. The van der Waals surface area contributed by atoms with E-state index in [9.17, 15) is 14.4 Å². The maximum atomic E-state index is 12.9. The second kappa shape index (κ2) is 9.75. The molecule has 1 heterocycles. The Morgan fingerprint density at radius 2 is 1.55 bits per heavy atom. The Labute approximate surface area is 207 Å². The smallest absolute Gasteiger partial charge is 0.283 e. The Morgan fingerprint density at radius 3 is 2.15 bits per heavy atom. The lowest BCUT2D eigenvalue weighted by Gasteiger charge is -2.31. The van der Waals surface area contributed by atoms with Crippen LogP contribution >= 0.6 is 34.8 Å². The fourth-order valence-corrected chi connectivity index (χ4v) is 4.92. The predicted octanol–water partition coefficient (Wildman–Crippen LogP) is 5.83. The Bertz CT molecular complexity index is 1120. The van der Waals surface area contributed by atoms with Crippen molar-refractivity contribution in [3.8, 4) is 0 Å². The third kappa shape index (κ3) is 4.88. The molecule has 1 aliphatic carbocycles. The Balaban J connectivity index is 1.49. The van der Waals surface area contributed by atoms with Crippen molar-refractivity contribution in [2.45, 2.75) is 38.1 Å². The molecule has 2 aliphatic rings. The minimum absolute atomic E-state index is 0.0400. The van der Waals surface area contributed by atoms with Gasteiger partial charge in [0.1, 0.15) is 10.7 Å². The van der Waals surface area contributed by atoms with E-state index in [1.165, 1.54) is 24.6 Å². The molecule has 2 aromatic carbocycles. The summed E-state index contributed by atoms with van der Waals surface area (Å²) in [5.74, 6) is -1.34. The fourth-order valence-electron chi connectivity index (χ4n) is 4.19. The number of nitrogens with zero attached hydrogens (tertiary/aromatic N) is 2. The van der Waals surface area contributed by atoms with E-state index in [2.05, 4.69) is 5.32 Å². The number of anilines is 2. The van der Waals surface area contributed by atoms with Crippen molar-refractivity contribution in [2.24, 2.45) is 0 Å². The average molecular weight is 507 g/mol. The Morgan fingerprint density at radius 1 is 0.939 bits per heavy atom. The number of hydrogen-bond donors (Lipinski definition) is 1. The number of halogens is 3. The van der Waals surface area contributed by atoms with Crippen LogP contribution in [0.4, 0.5) is 11.4 Å². The molecule has 3 amide bonds. The monoisotopic (exact) mass is 505 g/mol. The summed E-state index contributed by atoms with van der Waals surface area (Å²) in [5.41, 5.74) is 1.24. The lowest BCUT2D eigenvalue weighted by molar-refractivity contribution is -0.120. The van der Waals surface area contributed by atoms with E-state index in [1.807, 2.05) is 11.9 Å². The lowest BCUT2D eigenvalue weighted by atomic mass is 9.94. The zero-order valence-corrected chi connectivity index (χ0v) is 20.2. The summed E-state index contributed by atoms with van der Waals surface area (Å²) in [4.78, 5) is 41.2. The standard InChI is InChI=1S/C24H22Cl3N3O3/c1-29(18-5-3-2-4-6-18)22(31)14-7-9-17(10-8-14)28-21-20(27)23(32)30(24(21)33)19-12-15(25)11-16(26)13-19/h7-13,18,28H,2-6H2,1H3. The van der Waals surface area contributed by atoms with E-state index >= 15 is 0 Å². The third-order valence-corrected chi connectivity index (χ3v) is 6.76. The molecule has 0 bridgehead atoms. The molecule has 0 unspecified atom stereocenters. The van der Waals surface area contributed by atoms with Crippen LogP contribution in [0.15, 0.2) is 53.2 Å². The van der Waals surface area contributed by atoms with E-state index in [4.69, 9.17) is 34.8 Å². The van der Waals surface area contributed by atoms with E-state index in [-0.39, 0.29) is 38.4 Å². The molecule has 9 heteroatoms. The van der Waals surface area contributed by atoms with Gasteiger partial charge < -0.3 is 10.2 Å². The van der Waals surface area contributed by atoms with Gasteiger partial charge in [-0.2, -0.15) is 0 Å². The zero-order valence-electron chi connectivity index (χ0n) is 17.9. The lowest BCUT2D eigenvalue weighted by Crippen LogP contribution is -2.38. The van der Waals surface area contributed by atoms with Crippen LogP contribution in [0, 0.1) is 0 Å². The number of benzene rings is 2. The first kappa shape index (κ1) is 23.6. The molecule has 33 heavy (non-hydrogen) atoms. The molecule has 2 aromatic rings. The van der Waals surface area contributed by atoms with Gasteiger partial charge in [0.05, 0.1) is 5.69 Å². The molecule has 1 fully saturated rings. The number of nitrogens with one attached hydrogen (secondary N) is 1. The van der Waals surface area contributed by atoms with Crippen LogP contribution < -0.4 is 10.2 Å². The van der Waals surface area contributed by atoms with Crippen LogP contribution in [0.2, 0.25) is 10.0 Å². The average Bonchev–Trinajstić information content (AvgIpc) is 3.01. The highest BCUT2D eigenvalue weighted by Gasteiger charge is 2.39. The second-order valence-corrected chi connectivity index (χ2v) is 9.42. The molecule has 172 valence electrons. The second-order valence-electron chi connectivity index (χ2n) is 8.17. The number of rotatable bonds is 5. The number of carbonyl (C=O) groups excluding carboxylic acids is 3. The van der Waals surface area contributed by atoms with Crippen molar-refractivity contribution < 1.29 is 14.4 Å². The summed E-state index contributed by atoms with van der Waals surface area (Å²) in [6.07, 6.45) is 5.57. The summed E-state index contributed by atoms with van der Waals surface area (Å²) in [7, 11) is 1.84. The summed E-state index contributed by atoms with van der Waals surface area (Å²) in [6, 6.07) is 11.4. The highest BCUT2D eigenvalue weighted by Crippen LogP contribution is 2.33. The first-order valence-electron chi connectivity index (χ1n) is 10.6. The van der Waals surface area contributed by atoms with Gasteiger partial charge in [0.2, 0.25) is 0 Å². The van der Waals surface area contributed by atoms with Crippen LogP contribution in [0.25, 0.3) is 0 Å². The van der Waals surface area contributed by atoms with Gasteiger partial charge in [-0.1, -0.05) is 54.1 Å². The zero-order chi connectivity index (χ0) is 23.7. The summed E-state index contributed by atoms with van der Waals surface area (Å²) in [6.45, 7) is 0. The van der Waals surface area contributed by atoms with E-state index in [1.54, 1.807) is 24.3 Å². The van der Waals surface area contributed by atoms with Crippen molar-refractivity contribution in [2.75, 3.05) is 17.3 Å². The Kier molecular flexibility index (Phi) is 6.98. The van der Waals surface area contributed by atoms with E-state index < -0.39 is 11.8 Å². The topological polar surface area (TPSA) is 69.7 Å². The third-order valence-electron chi connectivity index (χ3n) is 5.98.